The van der Waals surface area contributed by atoms with Gasteiger partial charge in [0.15, 0.2) is 0 Å². The third kappa shape index (κ3) is 2.68. The van der Waals surface area contributed by atoms with Crippen LogP contribution < -0.4 is 5.32 Å². The maximum absolute atomic E-state index is 6.10. The fourth-order valence-corrected chi connectivity index (χ4v) is 2.43. The van der Waals surface area contributed by atoms with Crippen molar-refractivity contribution in [1.29, 1.82) is 0 Å². The summed E-state index contributed by atoms with van der Waals surface area (Å²) in [6.45, 7) is 7.30. The molecular formula is C14H20ClN3. The molecule has 2 rings (SSSR count). The number of benzene rings is 1. The molecule has 1 aromatic carbocycles. The molecule has 1 heterocycles. The van der Waals surface area contributed by atoms with Crippen molar-refractivity contribution in [1.82, 2.24) is 14.9 Å². The van der Waals surface area contributed by atoms with Crippen molar-refractivity contribution < 1.29 is 0 Å². The van der Waals surface area contributed by atoms with E-state index in [0.29, 0.717) is 6.04 Å². The minimum Gasteiger partial charge on any atom is -0.331 e. The lowest BCUT2D eigenvalue weighted by Crippen LogP contribution is -2.25. The van der Waals surface area contributed by atoms with Gasteiger partial charge in [0, 0.05) is 31.1 Å². The molecule has 4 heteroatoms. The van der Waals surface area contributed by atoms with Crippen molar-refractivity contribution in [2.45, 2.75) is 33.2 Å². The number of aromatic nitrogens is 2. The van der Waals surface area contributed by atoms with E-state index in [-0.39, 0.29) is 0 Å². The molecule has 1 N–H and O–H groups in total. The first-order chi connectivity index (χ1) is 8.49. The number of hydrogen-bond donors (Lipinski definition) is 1. The summed E-state index contributed by atoms with van der Waals surface area (Å²) in [6.07, 6.45) is 0.931. The molecule has 0 fully saturated rings. The summed E-state index contributed by atoms with van der Waals surface area (Å²) in [5, 5.41) is 4.19. The van der Waals surface area contributed by atoms with Crippen LogP contribution in [0.25, 0.3) is 11.0 Å². The third-order valence-corrected chi connectivity index (χ3v) is 3.35. The summed E-state index contributed by atoms with van der Waals surface area (Å²) in [7, 11) is 2.05. The summed E-state index contributed by atoms with van der Waals surface area (Å²) in [5.41, 5.74) is 3.30. The Labute approximate surface area is 113 Å². The van der Waals surface area contributed by atoms with Crippen LogP contribution in [-0.4, -0.2) is 22.1 Å². The van der Waals surface area contributed by atoms with Crippen molar-refractivity contribution in [2.75, 3.05) is 6.54 Å². The van der Waals surface area contributed by atoms with Crippen LogP contribution in [-0.2, 0) is 13.5 Å². The number of hydrogen-bond acceptors (Lipinski definition) is 2. The van der Waals surface area contributed by atoms with Gasteiger partial charge in [-0.2, -0.15) is 0 Å². The highest BCUT2D eigenvalue weighted by atomic mass is 35.5. The normalized spacial score (nSPS) is 11.7. The van der Waals surface area contributed by atoms with Gasteiger partial charge in [-0.25, -0.2) is 4.98 Å². The van der Waals surface area contributed by atoms with Gasteiger partial charge in [0.1, 0.15) is 5.82 Å². The Kier molecular flexibility index (Phi) is 3.93. The summed E-state index contributed by atoms with van der Waals surface area (Å²) >= 11 is 6.10. The third-order valence-electron chi connectivity index (χ3n) is 3.14. The second-order valence-corrected chi connectivity index (χ2v) is 5.47. The molecule has 0 bridgehead atoms. The van der Waals surface area contributed by atoms with Crippen molar-refractivity contribution in [3.63, 3.8) is 0 Å². The summed E-state index contributed by atoms with van der Waals surface area (Å²) < 4.78 is 2.14. The van der Waals surface area contributed by atoms with E-state index >= 15 is 0 Å². The van der Waals surface area contributed by atoms with Crippen LogP contribution in [0.4, 0.5) is 0 Å². The minimum absolute atomic E-state index is 0.510. The van der Waals surface area contributed by atoms with Gasteiger partial charge in [-0.1, -0.05) is 25.4 Å². The lowest BCUT2D eigenvalue weighted by molar-refractivity contribution is 0.578. The molecule has 0 aliphatic carbocycles. The molecule has 3 nitrogen and oxygen atoms in total. The molecule has 0 aliphatic rings. The molecule has 18 heavy (non-hydrogen) atoms. The molecule has 0 amide bonds. The lowest BCUT2D eigenvalue weighted by atomic mass is 10.2. The van der Waals surface area contributed by atoms with E-state index in [1.54, 1.807) is 0 Å². The average Bonchev–Trinajstić information content (AvgIpc) is 2.57. The molecule has 2 aromatic rings. The summed E-state index contributed by atoms with van der Waals surface area (Å²) in [6, 6.07) is 4.46. The van der Waals surface area contributed by atoms with Gasteiger partial charge in [0.25, 0.3) is 0 Å². The van der Waals surface area contributed by atoms with Gasteiger partial charge in [-0.15, -0.1) is 0 Å². The Morgan fingerprint density at radius 3 is 2.78 bits per heavy atom. The van der Waals surface area contributed by atoms with Gasteiger partial charge < -0.3 is 9.88 Å². The number of fused-ring (bicyclic) bond motifs is 1. The highest BCUT2D eigenvalue weighted by Crippen LogP contribution is 2.23. The van der Waals surface area contributed by atoms with E-state index in [9.17, 15) is 0 Å². The zero-order valence-electron chi connectivity index (χ0n) is 11.4. The Bertz CT molecular complexity index is 558. The van der Waals surface area contributed by atoms with Crippen LogP contribution in [0.1, 0.15) is 25.2 Å². The number of aryl methyl sites for hydroxylation is 2. The van der Waals surface area contributed by atoms with Crippen LogP contribution in [0.5, 0.6) is 0 Å². The van der Waals surface area contributed by atoms with Crippen LogP contribution in [0, 0.1) is 6.92 Å². The van der Waals surface area contributed by atoms with Gasteiger partial charge in [-0.3, -0.25) is 0 Å². The van der Waals surface area contributed by atoms with Crippen LogP contribution in [0.2, 0.25) is 5.02 Å². The number of halogens is 1. The number of rotatable bonds is 4. The molecule has 0 saturated carbocycles. The number of nitrogens with zero attached hydrogens (tertiary/aromatic N) is 2. The molecule has 0 spiro atoms. The zero-order chi connectivity index (χ0) is 13.3. The van der Waals surface area contributed by atoms with Gasteiger partial charge in [0.05, 0.1) is 11.0 Å². The fourth-order valence-electron chi connectivity index (χ4n) is 2.16. The summed E-state index contributed by atoms with van der Waals surface area (Å²) in [5.74, 6) is 1.10. The molecular weight excluding hydrogens is 246 g/mol. The second kappa shape index (κ2) is 5.29. The maximum Gasteiger partial charge on any atom is 0.110 e. The molecule has 0 unspecified atom stereocenters. The van der Waals surface area contributed by atoms with Crippen LogP contribution in [0.3, 0.4) is 0 Å². The summed E-state index contributed by atoms with van der Waals surface area (Å²) in [4.78, 5) is 4.71. The van der Waals surface area contributed by atoms with E-state index in [2.05, 4.69) is 37.7 Å². The smallest absolute Gasteiger partial charge is 0.110 e. The van der Waals surface area contributed by atoms with Crippen LogP contribution >= 0.6 is 11.6 Å². The highest BCUT2D eigenvalue weighted by molar-refractivity contribution is 6.31. The van der Waals surface area contributed by atoms with Crippen molar-refractivity contribution >= 4 is 22.6 Å². The second-order valence-electron chi connectivity index (χ2n) is 5.04. The average molecular weight is 266 g/mol. The Morgan fingerprint density at radius 2 is 2.11 bits per heavy atom. The van der Waals surface area contributed by atoms with E-state index in [1.807, 2.05) is 12.1 Å². The lowest BCUT2D eigenvalue weighted by Gasteiger charge is -2.07. The van der Waals surface area contributed by atoms with E-state index in [1.165, 1.54) is 0 Å². The van der Waals surface area contributed by atoms with Gasteiger partial charge in [0.2, 0.25) is 0 Å². The van der Waals surface area contributed by atoms with E-state index < -0.39 is 0 Å². The number of imidazole rings is 1. The number of nitrogens with one attached hydrogen (secondary N) is 1. The highest BCUT2D eigenvalue weighted by Gasteiger charge is 2.10. The molecule has 0 radical (unpaired) electrons. The largest absolute Gasteiger partial charge is 0.331 e. The predicted octanol–water partition coefficient (Wildman–Crippen LogP) is 3.08. The molecule has 0 aliphatic heterocycles. The molecule has 0 saturated heterocycles. The molecule has 1 aromatic heterocycles. The topological polar surface area (TPSA) is 29.9 Å². The first-order valence-corrected chi connectivity index (χ1v) is 6.71. The first-order valence-electron chi connectivity index (χ1n) is 6.34. The standard InChI is InChI=1S/C14H20ClN3/c1-9(2)16-6-5-13-17-14-10(3)7-11(15)8-12(14)18(13)4/h7-9,16H,5-6H2,1-4H3. The Hall–Kier alpha value is -1.06. The monoisotopic (exact) mass is 265 g/mol. The van der Waals surface area contributed by atoms with Crippen molar-refractivity contribution in [3.05, 3.63) is 28.5 Å². The Balaban J connectivity index is 2.30. The minimum atomic E-state index is 0.510. The molecule has 98 valence electrons. The van der Waals surface area contributed by atoms with Gasteiger partial charge >= 0.3 is 0 Å². The molecule has 0 atom stereocenters. The first kappa shape index (κ1) is 13.4. The van der Waals surface area contributed by atoms with E-state index in [0.717, 1.165) is 40.4 Å². The van der Waals surface area contributed by atoms with Crippen molar-refractivity contribution in [3.8, 4) is 0 Å². The maximum atomic E-state index is 6.10. The Morgan fingerprint density at radius 1 is 1.39 bits per heavy atom. The van der Waals surface area contributed by atoms with Crippen molar-refractivity contribution in [2.24, 2.45) is 7.05 Å². The van der Waals surface area contributed by atoms with Crippen LogP contribution in [0.15, 0.2) is 12.1 Å². The SMILES string of the molecule is Cc1cc(Cl)cc2c1nc(CCNC(C)C)n2C. The van der Waals surface area contributed by atoms with E-state index in [4.69, 9.17) is 16.6 Å². The predicted molar refractivity (Wildman–Crippen MR) is 77.3 cm³/mol. The van der Waals surface area contributed by atoms with Gasteiger partial charge in [-0.05, 0) is 24.6 Å². The fraction of sp³-hybridized carbons (Fsp3) is 0.500. The quantitative estimate of drug-likeness (QED) is 0.921. The zero-order valence-corrected chi connectivity index (χ0v) is 12.2.